The van der Waals surface area contributed by atoms with Crippen LogP contribution in [0.1, 0.15) is 45.4 Å². The Morgan fingerprint density at radius 1 is 1.39 bits per heavy atom. The Balaban J connectivity index is 2.11. The van der Waals surface area contributed by atoms with E-state index < -0.39 is 0 Å². The Bertz CT molecular complexity index is 288. The van der Waals surface area contributed by atoms with Crippen molar-refractivity contribution in [2.45, 2.75) is 51.5 Å². The monoisotopic (exact) mass is 254 g/mol. The second-order valence-electron chi connectivity index (χ2n) is 5.65. The van der Waals surface area contributed by atoms with Gasteiger partial charge in [-0.15, -0.1) is 0 Å². The van der Waals surface area contributed by atoms with Gasteiger partial charge >= 0.3 is 0 Å². The van der Waals surface area contributed by atoms with Crippen molar-refractivity contribution in [2.24, 2.45) is 11.1 Å². The SMILES string of the molecule is CCC1CCCCN1C(=O)C1(CN)CCOCC1. The third-order valence-corrected chi connectivity index (χ3v) is 4.65. The second kappa shape index (κ2) is 6.02. The molecule has 0 saturated carbocycles. The first kappa shape index (κ1) is 13.8. The molecule has 0 aromatic carbocycles. The van der Waals surface area contributed by atoms with Gasteiger partial charge in [-0.25, -0.2) is 0 Å². The Labute approximate surface area is 110 Å². The summed E-state index contributed by atoms with van der Waals surface area (Å²) in [5, 5.41) is 0. The highest BCUT2D eigenvalue weighted by Crippen LogP contribution is 2.34. The fourth-order valence-electron chi connectivity index (χ4n) is 3.26. The lowest BCUT2D eigenvalue weighted by atomic mass is 9.78. The minimum atomic E-state index is -0.344. The van der Waals surface area contributed by atoms with Crippen LogP contribution in [-0.2, 0) is 9.53 Å². The van der Waals surface area contributed by atoms with Crippen molar-refractivity contribution < 1.29 is 9.53 Å². The number of rotatable bonds is 3. The molecule has 1 unspecified atom stereocenters. The molecule has 4 nitrogen and oxygen atoms in total. The number of ether oxygens (including phenoxy) is 1. The van der Waals surface area contributed by atoms with Gasteiger partial charge in [0.25, 0.3) is 0 Å². The van der Waals surface area contributed by atoms with E-state index in [1.165, 1.54) is 6.42 Å². The standard InChI is InChI=1S/C14H26N2O2/c1-2-12-5-3-4-8-16(12)13(17)14(11-15)6-9-18-10-7-14/h12H,2-11,15H2,1H3. The van der Waals surface area contributed by atoms with Crippen molar-refractivity contribution in [1.29, 1.82) is 0 Å². The molecule has 18 heavy (non-hydrogen) atoms. The van der Waals surface area contributed by atoms with Crippen LogP contribution < -0.4 is 5.73 Å². The molecule has 0 bridgehead atoms. The summed E-state index contributed by atoms with van der Waals surface area (Å²) in [6.45, 7) is 4.90. The highest BCUT2D eigenvalue weighted by atomic mass is 16.5. The summed E-state index contributed by atoms with van der Waals surface area (Å²) in [5.41, 5.74) is 5.59. The molecular weight excluding hydrogens is 228 g/mol. The lowest BCUT2D eigenvalue weighted by Crippen LogP contribution is -2.55. The molecule has 2 aliphatic rings. The van der Waals surface area contributed by atoms with Crippen molar-refractivity contribution in [3.63, 3.8) is 0 Å². The van der Waals surface area contributed by atoms with Crippen LogP contribution in [0.2, 0.25) is 0 Å². The van der Waals surface area contributed by atoms with E-state index >= 15 is 0 Å². The van der Waals surface area contributed by atoms with Crippen molar-refractivity contribution in [2.75, 3.05) is 26.3 Å². The molecular formula is C14H26N2O2. The number of nitrogens with zero attached hydrogens (tertiary/aromatic N) is 1. The van der Waals surface area contributed by atoms with Gasteiger partial charge in [-0.3, -0.25) is 4.79 Å². The Kier molecular flexibility index (Phi) is 4.62. The van der Waals surface area contributed by atoms with E-state index in [0.717, 1.165) is 38.6 Å². The molecule has 2 aliphatic heterocycles. The van der Waals surface area contributed by atoms with Gasteiger partial charge in [0.2, 0.25) is 5.91 Å². The largest absolute Gasteiger partial charge is 0.381 e. The van der Waals surface area contributed by atoms with Crippen LogP contribution in [0.5, 0.6) is 0 Å². The van der Waals surface area contributed by atoms with Crippen molar-refractivity contribution in [1.82, 2.24) is 4.90 Å². The van der Waals surface area contributed by atoms with Gasteiger partial charge in [-0.05, 0) is 38.5 Å². The van der Waals surface area contributed by atoms with E-state index in [9.17, 15) is 4.79 Å². The molecule has 0 radical (unpaired) electrons. The summed E-state index contributed by atoms with van der Waals surface area (Å²) in [4.78, 5) is 15.0. The first-order valence-electron chi connectivity index (χ1n) is 7.32. The predicted molar refractivity (Wildman–Crippen MR) is 71.2 cm³/mol. The molecule has 104 valence electrons. The summed E-state index contributed by atoms with van der Waals surface area (Å²) in [6, 6.07) is 0.428. The van der Waals surface area contributed by atoms with Crippen LogP contribution in [-0.4, -0.2) is 43.2 Å². The zero-order chi connectivity index (χ0) is 13.0. The van der Waals surface area contributed by atoms with E-state index in [1.54, 1.807) is 0 Å². The van der Waals surface area contributed by atoms with Crippen LogP contribution in [0.3, 0.4) is 0 Å². The number of amides is 1. The molecule has 0 spiro atoms. The molecule has 4 heteroatoms. The number of nitrogens with two attached hydrogens (primary N) is 1. The molecule has 1 amide bonds. The zero-order valence-electron chi connectivity index (χ0n) is 11.5. The number of piperidine rings is 1. The lowest BCUT2D eigenvalue weighted by molar-refractivity contribution is -0.151. The van der Waals surface area contributed by atoms with Crippen LogP contribution in [0.4, 0.5) is 0 Å². The maximum Gasteiger partial charge on any atom is 0.230 e. The summed E-state index contributed by atoms with van der Waals surface area (Å²) in [7, 11) is 0. The van der Waals surface area contributed by atoms with E-state index in [-0.39, 0.29) is 5.41 Å². The van der Waals surface area contributed by atoms with Gasteiger partial charge in [0.05, 0.1) is 5.41 Å². The topological polar surface area (TPSA) is 55.6 Å². The summed E-state index contributed by atoms with van der Waals surface area (Å²) >= 11 is 0. The average molecular weight is 254 g/mol. The van der Waals surface area contributed by atoms with Crippen LogP contribution >= 0.6 is 0 Å². The summed E-state index contributed by atoms with van der Waals surface area (Å²) < 4.78 is 5.39. The Morgan fingerprint density at radius 2 is 2.11 bits per heavy atom. The van der Waals surface area contributed by atoms with Crippen molar-refractivity contribution in [3.8, 4) is 0 Å². The summed E-state index contributed by atoms with van der Waals surface area (Å²) in [6.07, 6.45) is 6.17. The maximum atomic E-state index is 12.9. The number of likely N-dealkylation sites (tertiary alicyclic amines) is 1. The molecule has 2 rings (SSSR count). The van der Waals surface area contributed by atoms with Crippen molar-refractivity contribution >= 4 is 5.91 Å². The van der Waals surface area contributed by atoms with Gasteiger partial charge in [0.15, 0.2) is 0 Å². The minimum absolute atomic E-state index is 0.292. The van der Waals surface area contributed by atoms with Gasteiger partial charge in [-0.1, -0.05) is 6.92 Å². The van der Waals surface area contributed by atoms with Gasteiger partial charge in [0.1, 0.15) is 0 Å². The van der Waals surface area contributed by atoms with E-state index in [4.69, 9.17) is 10.5 Å². The second-order valence-corrected chi connectivity index (χ2v) is 5.65. The van der Waals surface area contributed by atoms with E-state index in [0.29, 0.717) is 31.7 Å². The molecule has 2 heterocycles. The number of carbonyl (C=O) groups excluding carboxylic acids is 1. The minimum Gasteiger partial charge on any atom is -0.381 e. The zero-order valence-corrected chi connectivity index (χ0v) is 11.5. The Morgan fingerprint density at radius 3 is 2.72 bits per heavy atom. The van der Waals surface area contributed by atoms with Crippen LogP contribution in [0, 0.1) is 5.41 Å². The van der Waals surface area contributed by atoms with Gasteiger partial charge < -0.3 is 15.4 Å². The third kappa shape index (κ3) is 2.54. The number of carbonyl (C=O) groups is 1. The maximum absolute atomic E-state index is 12.9. The quantitative estimate of drug-likeness (QED) is 0.831. The number of hydrogen-bond donors (Lipinski definition) is 1. The average Bonchev–Trinajstić information content (AvgIpc) is 2.47. The predicted octanol–water partition coefficient (Wildman–Crippen LogP) is 1.53. The first-order chi connectivity index (χ1) is 8.73. The van der Waals surface area contributed by atoms with E-state index in [1.807, 2.05) is 0 Å². The normalized spacial score (nSPS) is 28.1. The highest BCUT2D eigenvalue weighted by Gasteiger charge is 2.43. The lowest BCUT2D eigenvalue weighted by Gasteiger charge is -2.43. The molecule has 2 fully saturated rings. The van der Waals surface area contributed by atoms with E-state index in [2.05, 4.69) is 11.8 Å². The van der Waals surface area contributed by atoms with Crippen LogP contribution in [0.15, 0.2) is 0 Å². The van der Waals surface area contributed by atoms with Crippen molar-refractivity contribution in [3.05, 3.63) is 0 Å². The third-order valence-electron chi connectivity index (χ3n) is 4.65. The first-order valence-corrected chi connectivity index (χ1v) is 7.32. The highest BCUT2D eigenvalue weighted by molar-refractivity contribution is 5.83. The smallest absolute Gasteiger partial charge is 0.230 e. The van der Waals surface area contributed by atoms with Gasteiger partial charge in [-0.2, -0.15) is 0 Å². The number of hydrogen-bond acceptors (Lipinski definition) is 3. The molecule has 1 atom stereocenters. The van der Waals surface area contributed by atoms with Crippen LogP contribution in [0.25, 0.3) is 0 Å². The molecule has 0 aromatic heterocycles. The molecule has 0 aromatic rings. The summed E-state index contributed by atoms with van der Waals surface area (Å²) in [5.74, 6) is 0.292. The fraction of sp³-hybridized carbons (Fsp3) is 0.929. The van der Waals surface area contributed by atoms with Gasteiger partial charge in [0, 0.05) is 32.3 Å². The Hall–Kier alpha value is -0.610. The molecule has 2 N–H and O–H groups in total. The molecule has 0 aliphatic carbocycles. The molecule has 2 saturated heterocycles. The fourth-order valence-corrected chi connectivity index (χ4v) is 3.26.